The van der Waals surface area contributed by atoms with Crippen LogP contribution in [0.4, 0.5) is 5.69 Å². The maximum Gasteiger partial charge on any atom is 0.355 e. The molecule has 7 nitrogen and oxygen atoms in total. The van der Waals surface area contributed by atoms with E-state index in [0.29, 0.717) is 11.7 Å². The zero-order chi connectivity index (χ0) is 21.2. The smallest absolute Gasteiger partial charge is 0.355 e. The van der Waals surface area contributed by atoms with Gasteiger partial charge in [-0.1, -0.05) is 36.4 Å². The van der Waals surface area contributed by atoms with Gasteiger partial charge in [0.25, 0.3) is 0 Å². The van der Waals surface area contributed by atoms with E-state index >= 15 is 0 Å². The molecule has 0 unspecified atom stereocenters. The standard InChI is InChI=1S/C23H17N5O2S/c29-22(30)19-14-31-23(26-19)28-20-12-16(25-13-17-8-4-5-11-24-17)9-10-18(20)21(27-28)15-6-2-1-3-7-15/h1-12,14,25H,13H2,(H,29,30). The topological polar surface area (TPSA) is 92.9 Å². The second-order valence-electron chi connectivity index (χ2n) is 6.85. The number of nitrogens with zero attached hydrogens (tertiary/aromatic N) is 4. The first-order valence-corrected chi connectivity index (χ1v) is 10.5. The highest BCUT2D eigenvalue weighted by Gasteiger charge is 2.17. The summed E-state index contributed by atoms with van der Waals surface area (Å²) in [6, 6.07) is 21.7. The number of carboxylic acid groups (broad SMARTS) is 1. The molecule has 5 aromatic rings. The van der Waals surface area contributed by atoms with Crippen molar-refractivity contribution in [3.05, 3.63) is 89.7 Å². The van der Waals surface area contributed by atoms with Gasteiger partial charge in [-0.15, -0.1) is 11.3 Å². The average molecular weight is 427 g/mol. The Hall–Kier alpha value is -4.04. The molecular formula is C23H17N5O2S. The van der Waals surface area contributed by atoms with Crippen LogP contribution in [-0.4, -0.2) is 30.8 Å². The number of fused-ring (bicyclic) bond motifs is 1. The summed E-state index contributed by atoms with van der Waals surface area (Å²) in [7, 11) is 0. The van der Waals surface area contributed by atoms with Gasteiger partial charge in [-0.3, -0.25) is 4.98 Å². The van der Waals surface area contributed by atoms with Gasteiger partial charge in [-0.25, -0.2) is 14.5 Å². The minimum absolute atomic E-state index is 0.00865. The largest absolute Gasteiger partial charge is 0.476 e. The van der Waals surface area contributed by atoms with Crippen molar-refractivity contribution in [3.63, 3.8) is 0 Å². The van der Waals surface area contributed by atoms with Gasteiger partial charge < -0.3 is 10.4 Å². The Labute approximate surface area is 181 Å². The van der Waals surface area contributed by atoms with E-state index in [-0.39, 0.29) is 5.69 Å². The highest BCUT2D eigenvalue weighted by Crippen LogP contribution is 2.32. The molecule has 5 rings (SSSR count). The number of anilines is 1. The van der Waals surface area contributed by atoms with Crippen LogP contribution in [0.15, 0.2) is 78.3 Å². The number of aromatic carboxylic acids is 1. The van der Waals surface area contributed by atoms with E-state index in [2.05, 4.69) is 15.3 Å². The highest BCUT2D eigenvalue weighted by molar-refractivity contribution is 7.12. The van der Waals surface area contributed by atoms with Crippen LogP contribution in [0, 0.1) is 0 Å². The number of pyridine rings is 1. The van der Waals surface area contributed by atoms with Crippen LogP contribution < -0.4 is 5.32 Å². The summed E-state index contributed by atoms with van der Waals surface area (Å²) in [6.07, 6.45) is 1.77. The lowest BCUT2D eigenvalue weighted by Crippen LogP contribution is -2.02. The quantitative estimate of drug-likeness (QED) is 0.402. The molecule has 0 radical (unpaired) electrons. The van der Waals surface area contributed by atoms with Gasteiger partial charge in [0.1, 0.15) is 5.69 Å². The molecule has 152 valence electrons. The molecule has 0 saturated carbocycles. The van der Waals surface area contributed by atoms with E-state index in [1.165, 1.54) is 16.7 Å². The predicted molar refractivity (Wildman–Crippen MR) is 121 cm³/mol. The second kappa shape index (κ2) is 8.00. The summed E-state index contributed by atoms with van der Waals surface area (Å²) in [6.45, 7) is 0.590. The summed E-state index contributed by atoms with van der Waals surface area (Å²) in [4.78, 5) is 19.9. The molecule has 31 heavy (non-hydrogen) atoms. The summed E-state index contributed by atoms with van der Waals surface area (Å²) in [5.74, 6) is -1.06. The molecule has 0 aliphatic heterocycles. The molecule has 0 aliphatic rings. The predicted octanol–water partition coefficient (Wildman–Crippen LogP) is 4.85. The van der Waals surface area contributed by atoms with Crippen molar-refractivity contribution in [2.45, 2.75) is 6.54 Å². The first-order valence-electron chi connectivity index (χ1n) is 9.60. The summed E-state index contributed by atoms with van der Waals surface area (Å²) in [5.41, 5.74) is 4.50. The number of thiazole rings is 1. The van der Waals surface area contributed by atoms with E-state index in [1.807, 2.05) is 66.7 Å². The number of nitrogens with one attached hydrogen (secondary N) is 1. The van der Waals surface area contributed by atoms with Crippen molar-refractivity contribution in [1.82, 2.24) is 19.7 Å². The molecule has 0 bridgehead atoms. The van der Waals surface area contributed by atoms with E-state index in [1.54, 1.807) is 10.9 Å². The lowest BCUT2D eigenvalue weighted by atomic mass is 10.1. The fourth-order valence-corrected chi connectivity index (χ4v) is 4.10. The zero-order valence-corrected chi connectivity index (χ0v) is 17.1. The fraction of sp³-hybridized carbons (Fsp3) is 0.0435. The second-order valence-corrected chi connectivity index (χ2v) is 7.69. The van der Waals surface area contributed by atoms with Crippen LogP contribution >= 0.6 is 11.3 Å². The maximum atomic E-state index is 11.3. The molecule has 0 amide bonds. The van der Waals surface area contributed by atoms with Crippen molar-refractivity contribution in [1.29, 1.82) is 0 Å². The van der Waals surface area contributed by atoms with Gasteiger partial charge in [-0.05, 0) is 30.3 Å². The van der Waals surface area contributed by atoms with E-state index in [4.69, 9.17) is 5.10 Å². The van der Waals surface area contributed by atoms with Crippen LogP contribution in [0.2, 0.25) is 0 Å². The Morgan fingerprint density at radius 2 is 1.90 bits per heavy atom. The molecular weight excluding hydrogens is 410 g/mol. The molecule has 3 aromatic heterocycles. The number of hydrogen-bond acceptors (Lipinski definition) is 6. The third-order valence-electron chi connectivity index (χ3n) is 4.82. The van der Waals surface area contributed by atoms with Crippen LogP contribution in [0.3, 0.4) is 0 Å². The average Bonchev–Trinajstić information content (AvgIpc) is 3.44. The number of carboxylic acids is 1. The molecule has 3 heterocycles. The van der Waals surface area contributed by atoms with Crippen molar-refractivity contribution >= 4 is 33.9 Å². The third kappa shape index (κ3) is 3.76. The van der Waals surface area contributed by atoms with Crippen LogP contribution in [0.1, 0.15) is 16.2 Å². The van der Waals surface area contributed by atoms with Crippen molar-refractivity contribution in [3.8, 4) is 16.4 Å². The van der Waals surface area contributed by atoms with Crippen LogP contribution in [-0.2, 0) is 6.54 Å². The Morgan fingerprint density at radius 1 is 1.06 bits per heavy atom. The minimum atomic E-state index is -1.06. The molecule has 8 heteroatoms. The van der Waals surface area contributed by atoms with Gasteiger partial charge in [0.2, 0.25) is 5.13 Å². The first-order chi connectivity index (χ1) is 15.2. The summed E-state index contributed by atoms with van der Waals surface area (Å²) < 4.78 is 1.71. The van der Waals surface area contributed by atoms with Gasteiger partial charge in [0.05, 0.1) is 17.8 Å². The van der Waals surface area contributed by atoms with E-state index < -0.39 is 5.97 Å². The minimum Gasteiger partial charge on any atom is -0.476 e. The zero-order valence-electron chi connectivity index (χ0n) is 16.3. The summed E-state index contributed by atoms with van der Waals surface area (Å²) in [5, 5.41) is 20.4. The number of benzene rings is 2. The Balaban J connectivity index is 1.60. The molecule has 0 spiro atoms. The van der Waals surface area contributed by atoms with Gasteiger partial charge >= 0.3 is 5.97 Å². The fourth-order valence-electron chi connectivity index (χ4n) is 3.33. The van der Waals surface area contributed by atoms with E-state index in [0.717, 1.165) is 33.5 Å². The molecule has 0 saturated heterocycles. The van der Waals surface area contributed by atoms with Crippen molar-refractivity contribution in [2.75, 3.05) is 5.32 Å². The number of carbonyl (C=O) groups is 1. The normalized spacial score (nSPS) is 11.0. The number of hydrogen-bond donors (Lipinski definition) is 2. The number of aromatic nitrogens is 4. The Kier molecular flexibility index (Phi) is 4.89. The molecule has 0 atom stereocenters. The maximum absolute atomic E-state index is 11.3. The molecule has 0 fully saturated rings. The SMILES string of the molecule is O=C(O)c1csc(-n2nc(-c3ccccc3)c3ccc(NCc4ccccn4)cc32)n1. The Morgan fingerprint density at radius 3 is 2.65 bits per heavy atom. The van der Waals surface area contributed by atoms with Crippen molar-refractivity contribution in [2.24, 2.45) is 0 Å². The lowest BCUT2D eigenvalue weighted by molar-refractivity contribution is 0.0691. The Bertz CT molecular complexity index is 1360. The van der Waals surface area contributed by atoms with Gasteiger partial charge in [0, 0.05) is 28.2 Å². The monoisotopic (exact) mass is 427 g/mol. The third-order valence-corrected chi connectivity index (χ3v) is 5.64. The summed E-state index contributed by atoms with van der Waals surface area (Å²) >= 11 is 1.25. The molecule has 2 aromatic carbocycles. The molecule has 2 N–H and O–H groups in total. The van der Waals surface area contributed by atoms with Gasteiger partial charge in [0.15, 0.2) is 5.69 Å². The highest BCUT2D eigenvalue weighted by atomic mass is 32.1. The first kappa shape index (κ1) is 19.0. The van der Waals surface area contributed by atoms with Crippen molar-refractivity contribution < 1.29 is 9.90 Å². The lowest BCUT2D eigenvalue weighted by Gasteiger charge is -2.07. The van der Waals surface area contributed by atoms with Crippen LogP contribution in [0.5, 0.6) is 0 Å². The number of rotatable bonds is 6. The van der Waals surface area contributed by atoms with Crippen LogP contribution in [0.25, 0.3) is 27.3 Å². The van der Waals surface area contributed by atoms with Gasteiger partial charge in [-0.2, -0.15) is 5.10 Å². The molecule has 0 aliphatic carbocycles. The van der Waals surface area contributed by atoms with E-state index in [9.17, 15) is 9.90 Å².